The Hall–Kier alpha value is -1.58. The number of rotatable bonds is 2. The van der Waals surface area contributed by atoms with Crippen LogP contribution in [0.4, 0.5) is 14.9 Å². The minimum absolute atomic E-state index is 0.203. The lowest BCUT2D eigenvalue weighted by molar-refractivity contribution is 0.201. The van der Waals surface area contributed by atoms with E-state index >= 15 is 0 Å². The molecule has 1 saturated carbocycles. The van der Waals surface area contributed by atoms with Gasteiger partial charge in [-0.25, -0.2) is 9.18 Å². The summed E-state index contributed by atoms with van der Waals surface area (Å²) in [7, 11) is 0. The van der Waals surface area contributed by atoms with Gasteiger partial charge >= 0.3 is 6.03 Å². The molecule has 1 aromatic carbocycles. The van der Waals surface area contributed by atoms with Crippen LogP contribution < -0.4 is 10.6 Å². The first-order chi connectivity index (χ1) is 9.47. The Morgan fingerprint density at radius 1 is 1.30 bits per heavy atom. The van der Waals surface area contributed by atoms with Crippen LogP contribution in [-0.2, 0) is 0 Å². The number of hydrogen-bond donors (Lipinski definition) is 2. The Morgan fingerprint density at radius 2 is 2.05 bits per heavy atom. The minimum atomic E-state index is -0.303. The third-order valence-electron chi connectivity index (χ3n) is 4.45. The van der Waals surface area contributed by atoms with E-state index in [0.29, 0.717) is 23.1 Å². The number of aryl methyl sites for hydroxylation is 1. The average Bonchev–Trinajstić information content (AvgIpc) is 2.39. The van der Waals surface area contributed by atoms with Crippen molar-refractivity contribution in [2.45, 2.75) is 46.1 Å². The van der Waals surface area contributed by atoms with E-state index in [1.165, 1.54) is 12.5 Å². The largest absolute Gasteiger partial charge is 0.335 e. The van der Waals surface area contributed by atoms with Crippen molar-refractivity contribution in [2.75, 3.05) is 5.32 Å². The summed E-state index contributed by atoms with van der Waals surface area (Å²) < 4.78 is 13.4. The molecule has 2 N–H and O–H groups in total. The lowest BCUT2D eigenvalue weighted by atomic mass is 9.78. The number of carbonyl (C=O) groups excluding carboxylic acids is 1. The van der Waals surface area contributed by atoms with Gasteiger partial charge in [-0.2, -0.15) is 0 Å². The van der Waals surface area contributed by atoms with Crippen LogP contribution >= 0.6 is 0 Å². The summed E-state index contributed by atoms with van der Waals surface area (Å²) in [5.74, 6) is 0.803. The molecule has 3 atom stereocenters. The lowest BCUT2D eigenvalue weighted by Crippen LogP contribution is -2.45. The van der Waals surface area contributed by atoms with E-state index in [1.54, 1.807) is 19.1 Å². The molecule has 4 heteroatoms. The summed E-state index contributed by atoms with van der Waals surface area (Å²) in [4.78, 5) is 12.0. The first kappa shape index (κ1) is 14.8. The quantitative estimate of drug-likeness (QED) is 0.841. The second-order valence-corrected chi connectivity index (χ2v) is 5.94. The van der Waals surface area contributed by atoms with Gasteiger partial charge in [0.1, 0.15) is 5.82 Å². The van der Waals surface area contributed by atoms with Gasteiger partial charge in [-0.1, -0.05) is 32.8 Å². The zero-order valence-corrected chi connectivity index (χ0v) is 12.4. The van der Waals surface area contributed by atoms with Crippen LogP contribution in [0.25, 0.3) is 0 Å². The van der Waals surface area contributed by atoms with Crippen LogP contribution in [0, 0.1) is 24.6 Å². The van der Waals surface area contributed by atoms with Crippen molar-refractivity contribution in [3.8, 4) is 0 Å². The maximum Gasteiger partial charge on any atom is 0.319 e. The second-order valence-electron chi connectivity index (χ2n) is 5.94. The lowest BCUT2D eigenvalue weighted by Gasteiger charge is -2.34. The van der Waals surface area contributed by atoms with E-state index in [4.69, 9.17) is 0 Å². The monoisotopic (exact) mass is 278 g/mol. The molecular formula is C16H23FN2O. The Morgan fingerprint density at radius 3 is 2.75 bits per heavy atom. The number of halogens is 1. The molecule has 0 unspecified atom stereocenters. The molecular weight excluding hydrogens is 255 g/mol. The van der Waals surface area contributed by atoms with Gasteiger partial charge in [0.2, 0.25) is 0 Å². The van der Waals surface area contributed by atoms with Crippen molar-refractivity contribution in [1.82, 2.24) is 5.32 Å². The standard InChI is InChI=1S/C16H23FN2O/c1-10-5-4-6-15(12(10)3)19-16(20)18-13-8-7-11(2)14(17)9-13/h7-10,12,15H,4-6H2,1-3H3,(H2,18,19,20)/t10-,12+,15+/m1/s1. The van der Waals surface area contributed by atoms with Gasteiger partial charge in [-0.3, -0.25) is 0 Å². The average molecular weight is 278 g/mol. The zero-order valence-electron chi connectivity index (χ0n) is 12.4. The number of anilines is 1. The SMILES string of the molecule is Cc1ccc(NC(=O)N[C@H]2CCC[C@@H](C)[C@@H]2C)cc1F. The number of urea groups is 1. The zero-order chi connectivity index (χ0) is 14.7. The summed E-state index contributed by atoms with van der Waals surface area (Å²) in [6.45, 7) is 6.11. The molecule has 0 aromatic heterocycles. The third kappa shape index (κ3) is 3.50. The molecule has 2 amide bonds. The highest BCUT2D eigenvalue weighted by atomic mass is 19.1. The molecule has 0 radical (unpaired) electrons. The highest BCUT2D eigenvalue weighted by molar-refractivity contribution is 5.89. The summed E-state index contributed by atoms with van der Waals surface area (Å²) in [5.41, 5.74) is 1.06. The van der Waals surface area contributed by atoms with Gasteiger partial charge in [-0.15, -0.1) is 0 Å². The molecule has 20 heavy (non-hydrogen) atoms. The van der Waals surface area contributed by atoms with Crippen LogP contribution in [0.5, 0.6) is 0 Å². The van der Waals surface area contributed by atoms with Gasteiger partial charge < -0.3 is 10.6 Å². The minimum Gasteiger partial charge on any atom is -0.335 e. The number of benzene rings is 1. The molecule has 3 nitrogen and oxygen atoms in total. The molecule has 1 aliphatic rings. The van der Waals surface area contributed by atoms with E-state index < -0.39 is 0 Å². The molecule has 0 spiro atoms. The summed E-state index contributed by atoms with van der Waals surface area (Å²) in [6.07, 6.45) is 3.39. The van der Waals surface area contributed by atoms with Gasteiger partial charge in [-0.05, 0) is 42.9 Å². The first-order valence-corrected chi connectivity index (χ1v) is 7.31. The van der Waals surface area contributed by atoms with Crippen LogP contribution in [0.15, 0.2) is 18.2 Å². The summed E-state index contributed by atoms with van der Waals surface area (Å²) in [6, 6.07) is 4.68. The van der Waals surface area contributed by atoms with Crippen LogP contribution in [-0.4, -0.2) is 12.1 Å². The number of hydrogen-bond acceptors (Lipinski definition) is 1. The van der Waals surface area contributed by atoms with Crippen molar-refractivity contribution in [3.63, 3.8) is 0 Å². The highest BCUT2D eigenvalue weighted by Gasteiger charge is 2.28. The maximum absolute atomic E-state index is 13.4. The highest BCUT2D eigenvalue weighted by Crippen LogP contribution is 2.29. The third-order valence-corrected chi connectivity index (χ3v) is 4.45. The molecule has 1 aromatic rings. The van der Waals surface area contributed by atoms with E-state index in [-0.39, 0.29) is 17.9 Å². The molecule has 1 aliphatic carbocycles. The number of amides is 2. The van der Waals surface area contributed by atoms with Gasteiger partial charge in [0.05, 0.1) is 0 Å². The van der Waals surface area contributed by atoms with Crippen molar-refractivity contribution in [3.05, 3.63) is 29.6 Å². The second kappa shape index (κ2) is 6.25. The first-order valence-electron chi connectivity index (χ1n) is 7.31. The molecule has 2 rings (SSSR count). The maximum atomic E-state index is 13.4. The predicted molar refractivity (Wildman–Crippen MR) is 79.3 cm³/mol. The van der Waals surface area contributed by atoms with Crippen molar-refractivity contribution in [1.29, 1.82) is 0 Å². The topological polar surface area (TPSA) is 41.1 Å². The Labute approximate surface area is 120 Å². The van der Waals surface area contributed by atoms with E-state index in [2.05, 4.69) is 24.5 Å². The Balaban J connectivity index is 1.93. The fourth-order valence-electron chi connectivity index (χ4n) is 2.79. The Bertz CT molecular complexity index is 489. The van der Waals surface area contributed by atoms with Crippen LogP contribution in [0.3, 0.4) is 0 Å². The molecule has 0 heterocycles. The molecule has 0 aliphatic heterocycles. The Kier molecular flexibility index (Phi) is 4.63. The van der Waals surface area contributed by atoms with Gasteiger partial charge in [0, 0.05) is 11.7 Å². The van der Waals surface area contributed by atoms with E-state index in [1.807, 2.05) is 0 Å². The van der Waals surface area contributed by atoms with Gasteiger partial charge in [0.25, 0.3) is 0 Å². The van der Waals surface area contributed by atoms with E-state index in [9.17, 15) is 9.18 Å². The molecule has 0 bridgehead atoms. The number of nitrogens with one attached hydrogen (secondary N) is 2. The molecule has 1 fully saturated rings. The van der Waals surface area contributed by atoms with Crippen molar-refractivity contribution >= 4 is 11.7 Å². The normalized spacial score (nSPS) is 26.1. The summed E-state index contributed by atoms with van der Waals surface area (Å²) in [5, 5.41) is 5.71. The fraction of sp³-hybridized carbons (Fsp3) is 0.562. The fourth-order valence-corrected chi connectivity index (χ4v) is 2.79. The number of carbonyl (C=O) groups is 1. The van der Waals surface area contributed by atoms with Gasteiger partial charge in [0.15, 0.2) is 0 Å². The van der Waals surface area contributed by atoms with E-state index in [0.717, 1.165) is 12.8 Å². The molecule has 110 valence electrons. The smallest absolute Gasteiger partial charge is 0.319 e. The van der Waals surface area contributed by atoms with Crippen LogP contribution in [0.2, 0.25) is 0 Å². The predicted octanol–water partition coefficient (Wildman–Crippen LogP) is 4.08. The molecule has 0 saturated heterocycles. The van der Waals surface area contributed by atoms with Crippen molar-refractivity contribution < 1.29 is 9.18 Å². The summed E-state index contributed by atoms with van der Waals surface area (Å²) >= 11 is 0. The van der Waals surface area contributed by atoms with Crippen molar-refractivity contribution in [2.24, 2.45) is 11.8 Å². The van der Waals surface area contributed by atoms with Crippen LogP contribution in [0.1, 0.15) is 38.7 Å².